The summed E-state index contributed by atoms with van der Waals surface area (Å²) < 4.78 is 68.8. The molecule has 0 saturated carbocycles. The van der Waals surface area contributed by atoms with Crippen LogP contribution in [-0.2, 0) is 65.4 Å². The lowest BCUT2D eigenvalue weighted by Crippen LogP contribution is -2.30. The highest BCUT2D eigenvalue weighted by atomic mass is 31.2. The molecule has 0 rings (SSSR count). The standard InChI is InChI=1S/C83H162O17P2/c1-6-9-12-15-18-21-24-27-28-29-30-31-32-35-39-44-49-54-59-64-69-83(88)100-79(73-94-81(86)67-62-57-52-47-43-38-36-33-34-37-40-45-50-55-60-65-76(4)5)75-98-102(91,92)96-71-77(84)70-95-101(89,90)97-74-78(99-82(87)68-63-58-53-48-42-26-23-20-17-14-11-8-3)72-93-80(85)66-61-56-51-46-41-25-22-19-16-13-10-7-2/h76-79,84H,6-75H2,1-5H3,(H,89,90)(H,91,92)/t77-,78+,79+/m0/s1. The van der Waals surface area contributed by atoms with Gasteiger partial charge in [0.15, 0.2) is 12.2 Å². The Morgan fingerprint density at radius 3 is 0.667 bits per heavy atom. The van der Waals surface area contributed by atoms with E-state index in [0.29, 0.717) is 25.7 Å². The van der Waals surface area contributed by atoms with Gasteiger partial charge in [0.05, 0.1) is 26.4 Å². The van der Waals surface area contributed by atoms with Crippen LogP contribution < -0.4 is 0 Å². The second-order valence-electron chi connectivity index (χ2n) is 30.3. The smallest absolute Gasteiger partial charge is 0.462 e. The molecule has 0 fully saturated rings. The number of phosphoric ester groups is 2. The first kappa shape index (κ1) is 100. The number of ether oxygens (including phenoxy) is 4. The average Bonchev–Trinajstić information content (AvgIpc) is 0.929. The number of carbonyl (C=O) groups excluding carboxylic acids is 4. The van der Waals surface area contributed by atoms with Gasteiger partial charge in [-0.15, -0.1) is 0 Å². The number of unbranched alkanes of at least 4 members (excludes halogenated alkanes) is 55. The molecule has 0 aromatic rings. The Balaban J connectivity index is 5.23. The van der Waals surface area contributed by atoms with Gasteiger partial charge in [-0.05, 0) is 31.6 Å². The van der Waals surface area contributed by atoms with E-state index in [1.54, 1.807) is 0 Å². The van der Waals surface area contributed by atoms with Crippen LogP contribution in [0.15, 0.2) is 0 Å². The first-order valence-corrected chi connectivity index (χ1v) is 46.1. The van der Waals surface area contributed by atoms with E-state index >= 15 is 0 Å². The first-order chi connectivity index (χ1) is 49.5. The SMILES string of the molecule is CCCCCCCCCCCCCCCCCCCCCCC(=O)O[C@H](COC(=O)CCCCCCCCCCCCCCCCCC(C)C)COP(=O)(O)OC[C@@H](O)COP(=O)(O)OC[C@@H](COC(=O)CCCCCCCCCCCCCC)OC(=O)CCCCCCCCCCCCCC. The van der Waals surface area contributed by atoms with Gasteiger partial charge in [-0.25, -0.2) is 9.13 Å². The topological polar surface area (TPSA) is 237 Å². The lowest BCUT2D eigenvalue weighted by atomic mass is 10.0. The van der Waals surface area contributed by atoms with Crippen molar-refractivity contribution >= 4 is 39.5 Å². The van der Waals surface area contributed by atoms with E-state index in [1.807, 2.05) is 0 Å². The molecule has 5 atom stereocenters. The van der Waals surface area contributed by atoms with Crippen LogP contribution >= 0.6 is 15.6 Å². The molecule has 0 amide bonds. The molecule has 0 aliphatic rings. The number of hydrogen-bond donors (Lipinski definition) is 3. The summed E-state index contributed by atoms with van der Waals surface area (Å²) in [5, 5.41) is 10.7. The number of carbonyl (C=O) groups is 4. The fourth-order valence-corrected chi connectivity index (χ4v) is 14.5. The molecule has 102 heavy (non-hydrogen) atoms. The van der Waals surface area contributed by atoms with Crippen molar-refractivity contribution in [1.82, 2.24) is 0 Å². The summed E-state index contributed by atoms with van der Waals surface area (Å²) in [6, 6.07) is 0. The summed E-state index contributed by atoms with van der Waals surface area (Å²) in [4.78, 5) is 73.1. The van der Waals surface area contributed by atoms with Crippen molar-refractivity contribution in [2.75, 3.05) is 39.6 Å². The van der Waals surface area contributed by atoms with E-state index in [0.717, 1.165) is 95.8 Å². The van der Waals surface area contributed by atoms with E-state index in [9.17, 15) is 43.2 Å². The minimum absolute atomic E-state index is 0.108. The van der Waals surface area contributed by atoms with Crippen molar-refractivity contribution in [3.8, 4) is 0 Å². The maximum absolute atomic E-state index is 13.1. The van der Waals surface area contributed by atoms with Crippen molar-refractivity contribution in [3.05, 3.63) is 0 Å². The summed E-state index contributed by atoms with van der Waals surface area (Å²) in [5.74, 6) is -1.30. The van der Waals surface area contributed by atoms with Gasteiger partial charge in [-0.3, -0.25) is 37.3 Å². The van der Waals surface area contributed by atoms with Crippen LogP contribution in [0.1, 0.15) is 446 Å². The van der Waals surface area contributed by atoms with Crippen LogP contribution in [0.4, 0.5) is 0 Å². The molecule has 3 N–H and O–H groups in total. The van der Waals surface area contributed by atoms with Crippen molar-refractivity contribution in [1.29, 1.82) is 0 Å². The summed E-state index contributed by atoms with van der Waals surface area (Å²) >= 11 is 0. The summed E-state index contributed by atoms with van der Waals surface area (Å²) in [6.45, 7) is 7.37. The molecule has 0 spiro atoms. The minimum atomic E-state index is -4.96. The van der Waals surface area contributed by atoms with E-state index in [2.05, 4.69) is 34.6 Å². The van der Waals surface area contributed by atoms with Gasteiger partial charge in [0.25, 0.3) is 0 Å². The lowest BCUT2D eigenvalue weighted by Gasteiger charge is -2.21. The number of aliphatic hydroxyl groups is 1. The maximum atomic E-state index is 13.1. The highest BCUT2D eigenvalue weighted by Crippen LogP contribution is 2.45. The third-order valence-electron chi connectivity index (χ3n) is 19.5. The summed E-state index contributed by atoms with van der Waals surface area (Å²) in [6.07, 6.45) is 67.9. The molecular weight excluding hydrogens is 1330 g/mol. The van der Waals surface area contributed by atoms with Crippen LogP contribution in [0.25, 0.3) is 0 Å². The summed E-state index contributed by atoms with van der Waals surface area (Å²) in [5.41, 5.74) is 0. The highest BCUT2D eigenvalue weighted by Gasteiger charge is 2.30. The zero-order valence-electron chi connectivity index (χ0n) is 66.8. The third kappa shape index (κ3) is 76.3. The first-order valence-electron chi connectivity index (χ1n) is 43.1. The number of rotatable bonds is 83. The second kappa shape index (κ2) is 75.9. The van der Waals surface area contributed by atoms with Gasteiger partial charge in [-0.2, -0.15) is 0 Å². The average molecular weight is 1490 g/mol. The molecular formula is C83H162O17P2. The number of phosphoric acid groups is 2. The van der Waals surface area contributed by atoms with Gasteiger partial charge in [-0.1, -0.05) is 394 Å². The Hall–Kier alpha value is -1.94. The minimum Gasteiger partial charge on any atom is -0.462 e. The molecule has 2 unspecified atom stereocenters. The van der Waals surface area contributed by atoms with Gasteiger partial charge < -0.3 is 33.8 Å². The van der Waals surface area contributed by atoms with E-state index < -0.39 is 97.5 Å². The number of hydrogen-bond acceptors (Lipinski definition) is 15. The molecule has 0 aliphatic carbocycles. The fourth-order valence-electron chi connectivity index (χ4n) is 12.9. The maximum Gasteiger partial charge on any atom is 0.472 e. The predicted octanol–water partition coefficient (Wildman–Crippen LogP) is 25.2. The number of aliphatic hydroxyl groups excluding tert-OH is 1. The highest BCUT2D eigenvalue weighted by molar-refractivity contribution is 7.47. The van der Waals surface area contributed by atoms with Crippen molar-refractivity contribution in [2.45, 2.75) is 464 Å². The Bertz CT molecular complexity index is 1940. The molecule has 19 heteroatoms. The second-order valence-corrected chi connectivity index (χ2v) is 33.3. The molecule has 17 nitrogen and oxygen atoms in total. The normalized spacial score (nSPS) is 13.8. The van der Waals surface area contributed by atoms with Gasteiger partial charge in [0.2, 0.25) is 0 Å². The monoisotopic (exact) mass is 1490 g/mol. The molecule has 0 radical (unpaired) electrons. The fraction of sp³-hybridized carbons (Fsp3) is 0.952. The van der Waals surface area contributed by atoms with E-state index in [1.165, 1.54) is 270 Å². The van der Waals surface area contributed by atoms with Crippen LogP contribution in [0.3, 0.4) is 0 Å². The number of esters is 4. The molecule has 0 aliphatic heterocycles. The molecule has 0 heterocycles. The Kier molecular flexibility index (Phi) is 74.4. The molecule has 606 valence electrons. The van der Waals surface area contributed by atoms with E-state index in [-0.39, 0.29) is 25.7 Å². The molecule has 0 aromatic heterocycles. The van der Waals surface area contributed by atoms with Crippen molar-refractivity contribution in [2.24, 2.45) is 5.92 Å². The van der Waals surface area contributed by atoms with Gasteiger partial charge in [0.1, 0.15) is 19.3 Å². The van der Waals surface area contributed by atoms with Crippen LogP contribution in [-0.4, -0.2) is 96.7 Å². The van der Waals surface area contributed by atoms with E-state index in [4.69, 9.17) is 37.0 Å². The third-order valence-corrected chi connectivity index (χ3v) is 21.4. The van der Waals surface area contributed by atoms with Crippen LogP contribution in [0.2, 0.25) is 0 Å². The van der Waals surface area contributed by atoms with Crippen molar-refractivity contribution < 1.29 is 80.2 Å². The zero-order chi connectivity index (χ0) is 74.8. The molecule has 0 bridgehead atoms. The zero-order valence-corrected chi connectivity index (χ0v) is 68.5. The predicted molar refractivity (Wildman–Crippen MR) is 418 cm³/mol. The van der Waals surface area contributed by atoms with Gasteiger partial charge >= 0.3 is 39.5 Å². The Morgan fingerprint density at radius 1 is 0.265 bits per heavy atom. The summed E-state index contributed by atoms with van der Waals surface area (Å²) in [7, 11) is -9.92. The largest absolute Gasteiger partial charge is 0.472 e. The lowest BCUT2D eigenvalue weighted by molar-refractivity contribution is -0.161. The quantitative estimate of drug-likeness (QED) is 0.0222. The van der Waals surface area contributed by atoms with Crippen LogP contribution in [0.5, 0.6) is 0 Å². The van der Waals surface area contributed by atoms with Crippen LogP contribution in [0, 0.1) is 5.92 Å². The molecule has 0 aromatic carbocycles. The van der Waals surface area contributed by atoms with Crippen molar-refractivity contribution in [3.63, 3.8) is 0 Å². The molecule has 0 saturated heterocycles. The Morgan fingerprint density at radius 2 is 0.451 bits per heavy atom. The van der Waals surface area contributed by atoms with Gasteiger partial charge in [0, 0.05) is 25.7 Å². The Labute approximate surface area is 626 Å².